The molecule has 154 valence electrons. The Kier molecular flexibility index (Phi) is 4.86. The van der Waals surface area contributed by atoms with Crippen molar-refractivity contribution in [2.24, 2.45) is 4.99 Å². The second-order valence-electron chi connectivity index (χ2n) is 7.61. The van der Waals surface area contributed by atoms with E-state index in [4.69, 9.17) is 9.40 Å². The maximum atomic E-state index is 6.36. The van der Waals surface area contributed by atoms with Gasteiger partial charge in [0, 0.05) is 35.5 Å². The first-order valence-corrected chi connectivity index (χ1v) is 10.7. The Morgan fingerprint density at radius 3 is 2.61 bits per heavy atom. The molecule has 0 spiro atoms. The number of nitrogens with zero attached hydrogens (tertiary/aromatic N) is 3. The van der Waals surface area contributed by atoms with Gasteiger partial charge in [-0.25, -0.2) is 14.9 Å². The molecular weight excluding hydrogens is 384 g/mol. The molecule has 1 aromatic heterocycles. The molecule has 0 saturated carbocycles. The van der Waals surface area contributed by atoms with E-state index >= 15 is 0 Å². The van der Waals surface area contributed by atoms with Gasteiger partial charge in [-0.1, -0.05) is 30.3 Å². The summed E-state index contributed by atoms with van der Waals surface area (Å²) < 4.78 is 8.54. The second kappa shape index (κ2) is 7.84. The smallest absolute Gasteiger partial charge is 0.279 e. The summed E-state index contributed by atoms with van der Waals surface area (Å²) in [5.41, 5.74) is 4.56. The van der Waals surface area contributed by atoms with Gasteiger partial charge in [0.05, 0.1) is 18.1 Å². The van der Waals surface area contributed by atoms with Crippen molar-refractivity contribution in [1.29, 1.82) is 0 Å². The van der Waals surface area contributed by atoms with Gasteiger partial charge in [-0.15, -0.1) is 0 Å². The highest BCUT2D eigenvalue weighted by Crippen LogP contribution is 2.35. The first-order valence-electron chi connectivity index (χ1n) is 10.7. The van der Waals surface area contributed by atoms with Crippen molar-refractivity contribution in [2.45, 2.75) is 27.3 Å². The van der Waals surface area contributed by atoms with E-state index in [9.17, 15) is 0 Å². The standard InChI is InChI=1S/C26H24N4O/c1-4-27-20-15-23-22(14-17(20)3)29-26-19-11-7-6-10-18(19)21(16-24(26)31-23)28-25-12-8-9-13-30(25)5-2/h6-16H,4-5H2,1-3H3/p+1. The Hall–Kier alpha value is -3.73. The van der Waals surface area contributed by atoms with E-state index < -0.39 is 0 Å². The average molecular weight is 410 g/mol. The Bertz CT molecular complexity index is 1450. The van der Waals surface area contributed by atoms with Crippen molar-refractivity contribution in [2.75, 3.05) is 11.9 Å². The molecule has 3 aromatic rings. The summed E-state index contributed by atoms with van der Waals surface area (Å²) in [4.78, 5) is 9.56. The van der Waals surface area contributed by atoms with Gasteiger partial charge in [-0.2, -0.15) is 0 Å². The fraction of sp³-hybridized carbons (Fsp3) is 0.192. The summed E-state index contributed by atoms with van der Waals surface area (Å²) in [5.74, 6) is 1.78. The number of fused-ring (bicyclic) bond motifs is 4. The number of aryl methyl sites for hydroxylation is 2. The molecule has 0 amide bonds. The quantitative estimate of drug-likeness (QED) is 0.247. The highest BCUT2D eigenvalue weighted by atomic mass is 16.3. The molecule has 0 unspecified atom stereocenters. The summed E-state index contributed by atoms with van der Waals surface area (Å²) >= 11 is 0. The normalized spacial score (nSPS) is 12.2. The molecule has 0 atom stereocenters. The molecule has 5 rings (SSSR count). The number of hydrogen-bond acceptors (Lipinski definition) is 4. The number of rotatable bonds is 4. The van der Waals surface area contributed by atoms with Crippen LogP contribution in [0.1, 0.15) is 19.4 Å². The highest BCUT2D eigenvalue weighted by molar-refractivity contribution is 6.10. The molecule has 2 aliphatic rings. The molecule has 0 radical (unpaired) electrons. The zero-order valence-corrected chi connectivity index (χ0v) is 18.0. The molecule has 1 aliphatic carbocycles. The molecule has 1 N–H and O–H groups in total. The third-order valence-electron chi connectivity index (χ3n) is 5.58. The lowest BCUT2D eigenvalue weighted by atomic mass is 10.1. The van der Waals surface area contributed by atoms with Crippen LogP contribution in [0.5, 0.6) is 0 Å². The van der Waals surface area contributed by atoms with Crippen molar-refractivity contribution >= 4 is 33.4 Å². The molecule has 0 bridgehead atoms. The van der Waals surface area contributed by atoms with Gasteiger partial charge in [-0.3, -0.25) is 4.99 Å². The predicted octanol–water partition coefficient (Wildman–Crippen LogP) is 5.37. The Labute approximate surface area is 181 Å². The lowest BCUT2D eigenvalue weighted by molar-refractivity contribution is -0.679. The summed E-state index contributed by atoms with van der Waals surface area (Å²) in [6.07, 6.45) is 2.08. The largest absolute Gasteiger partial charge is 0.453 e. The van der Waals surface area contributed by atoms with Crippen LogP contribution in [0.2, 0.25) is 0 Å². The first kappa shape index (κ1) is 19.2. The van der Waals surface area contributed by atoms with Crippen LogP contribution in [0.15, 0.2) is 76.3 Å². The van der Waals surface area contributed by atoms with E-state index in [0.717, 1.165) is 68.8 Å². The van der Waals surface area contributed by atoms with E-state index in [1.165, 1.54) is 0 Å². The highest BCUT2D eigenvalue weighted by Gasteiger charge is 2.18. The summed E-state index contributed by atoms with van der Waals surface area (Å²) in [7, 11) is 0. The fourth-order valence-corrected chi connectivity index (χ4v) is 4.05. The summed E-state index contributed by atoms with van der Waals surface area (Å²) in [5, 5.41) is 6.73. The number of pyridine rings is 1. The minimum Gasteiger partial charge on any atom is -0.453 e. The van der Waals surface area contributed by atoms with Crippen molar-refractivity contribution in [3.8, 4) is 11.5 Å². The maximum Gasteiger partial charge on any atom is 0.279 e. The van der Waals surface area contributed by atoms with Gasteiger partial charge in [0.15, 0.2) is 11.3 Å². The predicted molar refractivity (Wildman–Crippen MR) is 125 cm³/mol. The van der Waals surface area contributed by atoms with Gasteiger partial charge in [0.1, 0.15) is 16.9 Å². The van der Waals surface area contributed by atoms with Crippen LogP contribution in [0.25, 0.3) is 33.3 Å². The zero-order chi connectivity index (χ0) is 21.4. The van der Waals surface area contributed by atoms with Crippen LogP contribution in [-0.2, 0) is 6.54 Å². The Morgan fingerprint density at radius 2 is 1.81 bits per heavy atom. The molecule has 1 aliphatic heterocycles. The van der Waals surface area contributed by atoms with Crippen LogP contribution in [0.3, 0.4) is 0 Å². The van der Waals surface area contributed by atoms with Crippen molar-refractivity contribution in [1.82, 2.24) is 4.98 Å². The first-order chi connectivity index (χ1) is 15.2. The molecule has 2 aromatic carbocycles. The summed E-state index contributed by atoms with van der Waals surface area (Å²) in [6.45, 7) is 7.86. The van der Waals surface area contributed by atoms with Crippen molar-refractivity contribution in [3.63, 3.8) is 0 Å². The number of hydrogen-bond donors (Lipinski definition) is 1. The van der Waals surface area contributed by atoms with Crippen LogP contribution in [-0.4, -0.2) is 11.5 Å². The maximum absolute atomic E-state index is 6.36. The minimum absolute atomic E-state index is 0.737. The Balaban J connectivity index is 1.78. The number of nitrogens with one attached hydrogen (secondary N) is 1. The summed E-state index contributed by atoms with van der Waals surface area (Å²) in [6, 6.07) is 20.6. The zero-order valence-electron chi connectivity index (χ0n) is 18.0. The molecule has 0 fully saturated rings. The minimum atomic E-state index is 0.737. The number of aromatic nitrogens is 2. The molecule has 0 saturated heterocycles. The van der Waals surface area contributed by atoms with E-state index in [0.29, 0.717) is 0 Å². The number of benzene rings is 3. The molecular formula is C26H25N4O+. The van der Waals surface area contributed by atoms with Crippen LogP contribution in [0.4, 0.5) is 11.5 Å². The third kappa shape index (κ3) is 3.42. The van der Waals surface area contributed by atoms with Gasteiger partial charge >= 0.3 is 0 Å². The Morgan fingerprint density at radius 1 is 1.00 bits per heavy atom. The SMILES string of the molecule is CCN=c1cc2oc3cc(Nc4cccc[n+]4CC)c4ccccc4c3nc-2cc1C. The van der Waals surface area contributed by atoms with Gasteiger partial charge in [0.25, 0.3) is 5.82 Å². The van der Waals surface area contributed by atoms with E-state index in [1.54, 1.807) is 0 Å². The van der Waals surface area contributed by atoms with E-state index in [-0.39, 0.29) is 0 Å². The fourth-order valence-electron chi connectivity index (χ4n) is 4.05. The lowest BCUT2D eigenvalue weighted by Crippen LogP contribution is -2.34. The van der Waals surface area contributed by atoms with E-state index in [2.05, 4.69) is 65.3 Å². The van der Waals surface area contributed by atoms with Crippen LogP contribution in [0, 0.1) is 6.92 Å². The van der Waals surface area contributed by atoms with Gasteiger partial charge in [0.2, 0.25) is 0 Å². The number of anilines is 2. The average Bonchev–Trinajstić information content (AvgIpc) is 2.79. The monoisotopic (exact) mass is 409 g/mol. The van der Waals surface area contributed by atoms with Crippen molar-refractivity contribution in [3.05, 3.63) is 77.8 Å². The van der Waals surface area contributed by atoms with Crippen LogP contribution < -0.4 is 15.2 Å². The topological polar surface area (TPSA) is 54.3 Å². The lowest BCUT2D eigenvalue weighted by Gasteiger charge is -2.12. The van der Waals surface area contributed by atoms with Crippen molar-refractivity contribution < 1.29 is 8.98 Å². The van der Waals surface area contributed by atoms with Crippen LogP contribution >= 0.6 is 0 Å². The van der Waals surface area contributed by atoms with E-state index in [1.807, 2.05) is 37.3 Å². The molecule has 5 heteroatoms. The second-order valence-corrected chi connectivity index (χ2v) is 7.61. The molecule has 31 heavy (non-hydrogen) atoms. The molecule has 5 nitrogen and oxygen atoms in total. The van der Waals surface area contributed by atoms with Gasteiger partial charge in [-0.05, 0) is 38.5 Å². The molecule has 2 heterocycles. The third-order valence-corrected chi connectivity index (χ3v) is 5.58. The van der Waals surface area contributed by atoms with Gasteiger partial charge < -0.3 is 4.42 Å².